The van der Waals surface area contributed by atoms with Gasteiger partial charge in [0.25, 0.3) is 0 Å². The van der Waals surface area contributed by atoms with Crippen molar-refractivity contribution in [3.8, 4) is 0 Å². The van der Waals surface area contributed by atoms with Crippen molar-refractivity contribution in [3.05, 3.63) is 65.2 Å². The monoisotopic (exact) mass is 381 g/mol. The first-order valence-electron chi connectivity index (χ1n) is 8.90. The number of rotatable bonds is 5. The van der Waals surface area contributed by atoms with Gasteiger partial charge in [-0.15, -0.1) is 0 Å². The highest BCUT2D eigenvalue weighted by atomic mass is 32.2. The highest BCUT2D eigenvalue weighted by Gasteiger charge is 2.32. The molecule has 1 aliphatic rings. The van der Waals surface area contributed by atoms with Crippen LogP contribution >= 0.6 is 11.8 Å². The van der Waals surface area contributed by atoms with E-state index in [4.69, 9.17) is 0 Å². The third kappa shape index (κ3) is 4.98. The molecular weight excluding hydrogens is 358 g/mol. The summed E-state index contributed by atoms with van der Waals surface area (Å²) < 4.78 is 0. The van der Waals surface area contributed by atoms with Crippen LogP contribution in [0.3, 0.4) is 0 Å². The number of carbonyl (C=O) groups excluding carboxylic acids is 2. The Hall–Kier alpha value is -2.60. The lowest BCUT2D eigenvalue weighted by molar-refractivity contribution is -0.122. The van der Waals surface area contributed by atoms with Crippen LogP contribution in [-0.4, -0.2) is 22.2 Å². The molecule has 2 N–H and O–H groups in total. The summed E-state index contributed by atoms with van der Waals surface area (Å²) >= 11 is 1.32. The second kappa shape index (κ2) is 8.39. The zero-order valence-corrected chi connectivity index (χ0v) is 16.5. The second-order valence-electron chi connectivity index (χ2n) is 6.69. The lowest BCUT2D eigenvalue weighted by Gasteiger charge is -2.10. The summed E-state index contributed by atoms with van der Waals surface area (Å²) in [6.45, 7) is 5.91. The lowest BCUT2D eigenvalue weighted by Crippen LogP contribution is -2.28. The summed E-state index contributed by atoms with van der Waals surface area (Å²) in [6.07, 6.45) is 0.114. The largest absolute Gasteiger partial charge is 0.326 e. The molecular formula is C21H23N3O2S. The van der Waals surface area contributed by atoms with Gasteiger partial charge < -0.3 is 10.6 Å². The Morgan fingerprint density at radius 1 is 1.22 bits per heavy atom. The fourth-order valence-corrected chi connectivity index (χ4v) is 3.87. The van der Waals surface area contributed by atoms with Gasteiger partial charge in [-0.05, 0) is 43.5 Å². The van der Waals surface area contributed by atoms with Crippen LogP contribution in [0.15, 0.2) is 53.5 Å². The van der Waals surface area contributed by atoms with Crippen LogP contribution in [0.5, 0.6) is 0 Å². The van der Waals surface area contributed by atoms with Crippen LogP contribution in [0, 0.1) is 13.8 Å². The summed E-state index contributed by atoms with van der Waals surface area (Å²) in [5.41, 5.74) is 3.94. The minimum atomic E-state index is -0.461. The summed E-state index contributed by atoms with van der Waals surface area (Å²) in [4.78, 5) is 29.2. The number of nitrogens with zero attached hydrogens (tertiary/aromatic N) is 1. The van der Waals surface area contributed by atoms with Crippen LogP contribution in [0.2, 0.25) is 0 Å². The predicted octanol–water partition coefficient (Wildman–Crippen LogP) is 3.98. The van der Waals surface area contributed by atoms with E-state index in [1.165, 1.54) is 11.8 Å². The molecule has 2 atom stereocenters. The number of benzene rings is 2. The molecule has 1 heterocycles. The Bertz CT molecular complexity index is 880. The Labute approximate surface area is 163 Å². The predicted molar refractivity (Wildman–Crippen MR) is 111 cm³/mol. The summed E-state index contributed by atoms with van der Waals surface area (Å²) in [5.74, 6) is -0.344. The molecule has 6 heteroatoms. The quantitative estimate of drug-likeness (QED) is 0.823. The van der Waals surface area contributed by atoms with Gasteiger partial charge in [0.2, 0.25) is 11.8 Å². The molecule has 2 aromatic rings. The second-order valence-corrected chi connectivity index (χ2v) is 7.88. The molecule has 0 aliphatic carbocycles. The number of aliphatic imine (C=N–C) groups is 1. The first-order valence-corrected chi connectivity index (χ1v) is 9.77. The van der Waals surface area contributed by atoms with Crippen molar-refractivity contribution in [2.75, 3.05) is 5.32 Å². The van der Waals surface area contributed by atoms with Gasteiger partial charge in [-0.25, -0.2) is 0 Å². The Kier molecular flexibility index (Phi) is 5.96. The van der Waals surface area contributed by atoms with E-state index in [2.05, 4.69) is 15.6 Å². The molecule has 0 saturated carbocycles. The van der Waals surface area contributed by atoms with Gasteiger partial charge in [-0.2, -0.15) is 0 Å². The van der Waals surface area contributed by atoms with Gasteiger partial charge in [0, 0.05) is 12.1 Å². The number of thioether (sulfide) groups is 1. The number of amidine groups is 1. The molecule has 2 amide bonds. The minimum absolute atomic E-state index is 0.0588. The smallest absolute Gasteiger partial charge is 0.240 e. The Morgan fingerprint density at radius 3 is 2.70 bits per heavy atom. The van der Waals surface area contributed by atoms with Gasteiger partial charge >= 0.3 is 0 Å². The van der Waals surface area contributed by atoms with Crippen LogP contribution in [-0.2, 0) is 9.59 Å². The average Bonchev–Trinajstić information content (AvgIpc) is 2.97. The fourth-order valence-electron chi connectivity index (χ4n) is 2.82. The first-order chi connectivity index (χ1) is 12.9. The molecule has 3 rings (SSSR count). The molecule has 1 fully saturated rings. The highest BCUT2D eigenvalue weighted by Crippen LogP contribution is 2.26. The van der Waals surface area contributed by atoms with Crippen LogP contribution in [0.4, 0.5) is 5.69 Å². The van der Waals surface area contributed by atoms with Crippen LogP contribution in [0.25, 0.3) is 0 Å². The average molecular weight is 382 g/mol. The molecule has 27 heavy (non-hydrogen) atoms. The number of hydrogen-bond donors (Lipinski definition) is 2. The third-order valence-corrected chi connectivity index (χ3v) is 5.50. The summed E-state index contributed by atoms with van der Waals surface area (Å²) in [6, 6.07) is 15.7. The molecule has 0 aromatic heterocycles. The van der Waals surface area contributed by atoms with Crippen molar-refractivity contribution in [1.29, 1.82) is 0 Å². The highest BCUT2D eigenvalue weighted by molar-refractivity contribution is 8.15. The maximum Gasteiger partial charge on any atom is 0.240 e. The number of anilines is 1. The molecule has 0 radical (unpaired) electrons. The van der Waals surface area contributed by atoms with Crippen molar-refractivity contribution in [2.45, 2.75) is 38.5 Å². The fraction of sp³-hybridized carbons (Fsp3) is 0.286. The molecule has 2 aromatic carbocycles. The van der Waals surface area contributed by atoms with E-state index >= 15 is 0 Å². The van der Waals surface area contributed by atoms with Crippen molar-refractivity contribution in [3.63, 3.8) is 0 Å². The van der Waals surface area contributed by atoms with Gasteiger partial charge in [0.1, 0.15) is 5.25 Å². The number of amides is 2. The van der Waals surface area contributed by atoms with Crippen LogP contribution < -0.4 is 10.6 Å². The zero-order chi connectivity index (χ0) is 19.4. The van der Waals surface area contributed by atoms with E-state index in [0.29, 0.717) is 5.17 Å². The molecule has 1 aliphatic heterocycles. The SMILES string of the molecule is Cc1ccc(C)c(NC(=O)C[C@H]2SC(=N[C@@H](C)c3ccccc3)NC2=O)c1. The van der Waals surface area contributed by atoms with Crippen LogP contribution in [0.1, 0.15) is 36.1 Å². The summed E-state index contributed by atoms with van der Waals surface area (Å²) in [5, 5.41) is 5.81. The third-order valence-electron chi connectivity index (χ3n) is 4.41. The Balaban J connectivity index is 1.61. The Morgan fingerprint density at radius 2 is 1.96 bits per heavy atom. The van der Waals surface area contributed by atoms with Gasteiger partial charge in [0.15, 0.2) is 5.17 Å². The van der Waals surface area contributed by atoms with E-state index in [-0.39, 0.29) is 24.3 Å². The minimum Gasteiger partial charge on any atom is -0.326 e. The van der Waals surface area contributed by atoms with E-state index in [0.717, 1.165) is 22.4 Å². The van der Waals surface area contributed by atoms with Crippen molar-refractivity contribution in [2.24, 2.45) is 4.99 Å². The number of nitrogens with one attached hydrogen (secondary N) is 2. The molecule has 1 saturated heterocycles. The summed E-state index contributed by atoms with van der Waals surface area (Å²) in [7, 11) is 0. The molecule has 0 spiro atoms. The topological polar surface area (TPSA) is 70.6 Å². The van der Waals surface area contributed by atoms with E-state index in [1.807, 2.05) is 69.3 Å². The van der Waals surface area contributed by atoms with Gasteiger partial charge in [-0.1, -0.05) is 54.2 Å². The maximum atomic E-state index is 12.4. The van der Waals surface area contributed by atoms with Gasteiger partial charge in [0.05, 0.1) is 6.04 Å². The lowest BCUT2D eigenvalue weighted by atomic mass is 10.1. The normalized spacial score (nSPS) is 19.0. The van der Waals surface area contributed by atoms with Crippen molar-refractivity contribution >= 4 is 34.4 Å². The molecule has 0 bridgehead atoms. The first kappa shape index (κ1) is 19.2. The zero-order valence-electron chi connectivity index (χ0n) is 15.7. The molecule has 140 valence electrons. The maximum absolute atomic E-state index is 12.4. The van der Waals surface area contributed by atoms with Crippen molar-refractivity contribution in [1.82, 2.24) is 5.32 Å². The number of aryl methyl sites for hydroxylation is 2. The standard InChI is InChI=1S/C21H23N3O2S/c1-13-9-10-14(2)17(11-13)23-19(25)12-18-20(26)24-21(27-18)22-15(3)16-7-5-4-6-8-16/h4-11,15,18H,12H2,1-3H3,(H,23,25)(H,22,24,26)/t15-,18+/m0/s1. The van der Waals surface area contributed by atoms with E-state index in [1.54, 1.807) is 0 Å². The molecule has 5 nitrogen and oxygen atoms in total. The number of carbonyl (C=O) groups is 2. The van der Waals surface area contributed by atoms with Gasteiger partial charge in [-0.3, -0.25) is 14.6 Å². The van der Waals surface area contributed by atoms with E-state index < -0.39 is 5.25 Å². The number of hydrogen-bond acceptors (Lipinski definition) is 4. The van der Waals surface area contributed by atoms with E-state index in [9.17, 15) is 9.59 Å². The molecule has 0 unspecified atom stereocenters. The van der Waals surface area contributed by atoms with Crippen molar-refractivity contribution < 1.29 is 9.59 Å².